The Bertz CT molecular complexity index is 1100. The Labute approximate surface area is 193 Å². The van der Waals surface area contributed by atoms with Crippen LogP contribution in [0.1, 0.15) is 21.5 Å². The van der Waals surface area contributed by atoms with Crippen LogP contribution in [0.3, 0.4) is 0 Å². The summed E-state index contributed by atoms with van der Waals surface area (Å²) in [6, 6.07) is 12.1. The van der Waals surface area contributed by atoms with Gasteiger partial charge in [-0.05, 0) is 48.0 Å². The van der Waals surface area contributed by atoms with Crippen molar-refractivity contribution >= 4 is 46.5 Å². The topological polar surface area (TPSA) is 67.8 Å². The second-order valence-corrected chi connectivity index (χ2v) is 7.67. The first kappa shape index (κ1) is 23.0. The fraction of sp³-hybridized carbons (Fsp3) is 0.136. The van der Waals surface area contributed by atoms with E-state index in [0.29, 0.717) is 16.5 Å². The third kappa shape index (κ3) is 5.53. The SMILES string of the molecule is COc1cc(CNc2cc(C(=O)O)ccc2Cl)cc(Cl)c1OCc1c(F)cccc1Cl. The second kappa shape index (κ2) is 10.1. The molecule has 0 saturated heterocycles. The molecular formula is C22H17Cl3FNO4. The number of aromatic carboxylic acids is 1. The van der Waals surface area contributed by atoms with E-state index in [0.717, 1.165) is 5.56 Å². The van der Waals surface area contributed by atoms with Crippen LogP contribution in [0.4, 0.5) is 10.1 Å². The number of ether oxygens (including phenoxy) is 2. The number of methoxy groups -OCH3 is 1. The maximum Gasteiger partial charge on any atom is 0.335 e. The van der Waals surface area contributed by atoms with Crippen molar-refractivity contribution in [3.63, 3.8) is 0 Å². The number of benzene rings is 3. The summed E-state index contributed by atoms with van der Waals surface area (Å²) in [5.74, 6) is -0.940. The highest BCUT2D eigenvalue weighted by Crippen LogP contribution is 2.38. The summed E-state index contributed by atoms with van der Waals surface area (Å²) >= 11 is 18.6. The van der Waals surface area contributed by atoms with Crippen molar-refractivity contribution in [3.05, 3.63) is 86.1 Å². The molecule has 0 fully saturated rings. The van der Waals surface area contributed by atoms with E-state index in [1.165, 1.54) is 37.4 Å². The van der Waals surface area contributed by atoms with Gasteiger partial charge in [0.05, 0.1) is 33.4 Å². The first-order chi connectivity index (χ1) is 14.8. The zero-order valence-electron chi connectivity index (χ0n) is 16.2. The highest BCUT2D eigenvalue weighted by molar-refractivity contribution is 6.33. The normalized spacial score (nSPS) is 10.6. The van der Waals surface area contributed by atoms with Crippen molar-refractivity contribution in [1.29, 1.82) is 0 Å². The van der Waals surface area contributed by atoms with Crippen molar-refractivity contribution in [2.75, 3.05) is 12.4 Å². The largest absolute Gasteiger partial charge is 0.493 e. The molecule has 162 valence electrons. The number of hydrogen-bond acceptors (Lipinski definition) is 4. The van der Waals surface area contributed by atoms with Gasteiger partial charge < -0.3 is 19.9 Å². The van der Waals surface area contributed by atoms with Gasteiger partial charge in [-0.25, -0.2) is 9.18 Å². The Hall–Kier alpha value is -2.67. The lowest BCUT2D eigenvalue weighted by Gasteiger charge is -2.16. The van der Waals surface area contributed by atoms with Gasteiger partial charge in [0.15, 0.2) is 11.5 Å². The van der Waals surface area contributed by atoms with Crippen LogP contribution in [0.25, 0.3) is 0 Å². The minimum absolute atomic E-state index is 0.109. The molecule has 0 unspecified atom stereocenters. The van der Waals surface area contributed by atoms with E-state index in [-0.39, 0.29) is 40.1 Å². The average Bonchev–Trinajstić information content (AvgIpc) is 2.73. The maximum atomic E-state index is 14.0. The lowest BCUT2D eigenvalue weighted by molar-refractivity contribution is 0.0697. The highest BCUT2D eigenvalue weighted by Gasteiger charge is 2.15. The van der Waals surface area contributed by atoms with E-state index in [2.05, 4.69) is 5.32 Å². The molecule has 0 heterocycles. The molecule has 9 heteroatoms. The van der Waals surface area contributed by atoms with Gasteiger partial charge in [-0.15, -0.1) is 0 Å². The van der Waals surface area contributed by atoms with Crippen LogP contribution >= 0.6 is 34.8 Å². The van der Waals surface area contributed by atoms with Crippen LogP contribution in [0.15, 0.2) is 48.5 Å². The van der Waals surface area contributed by atoms with Crippen LogP contribution < -0.4 is 14.8 Å². The zero-order valence-corrected chi connectivity index (χ0v) is 18.5. The summed E-state index contributed by atoms with van der Waals surface area (Å²) in [6.07, 6.45) is 0. The van der Waals surface area contributed by atoms with Gasteiger partial charge in [0.25, 0.3) is 0 Å². The smallest absolute Gasteiger partial charge is 0.335 e. The van der Waals surface area contributed by atoms with Gasteiger partial charge >= 0.3 is 5.97 Å². The second-order valence-electron chi connectivity index (χ2n) is 6.45. The summed E-state index contributed by atoms with van der Waals surface area (Å²) < 4.78 is 25.1. The molecule has 3 aromatic carbocycles. The van der Waals surface area contributed by atoms with E-state index in [1.807, 2.05) is 0 Å². The molecule has 0 spiro atoms. The van der Waals surface area contributed by atoms with Crippen molar-refractivity contribution < 1.29 is 23.8 Å². The van der Waals surface area contributed by atoms with Crippen LogP contribution in [-0.4, -0.2) is 18.2 Å². The minimum atomic E-state index is -1.05. The predicted octanol–water partition coefficient (Wildman–Crippen LogP) is 6.68. The van der Waals surface area contributed by atoms with Gasteiger partial charge in [-0.1, -0.05) is 40.9 Å². The standard InChI is InChI=1S/C22H17Cl3FNO4/c1-30-20-8-12(10-27-19-9-13(22(28)29)5-6-16(19)24)7-17(25)21(20)31-11-14-15(23)3-2-4-18(14)26/h2-9,27H,10-11H2,1H3,(H,28,29). The number of rotatable bonds is 8. The molecule has 3 rings (SSSR count). The Morgan fingerprint density at radius 1 is 1.06 bits per heavy atom. The summed E-state index contributed by atoms with van der Waals surface area (Å²) in [5, 5.41) is 13.1. The molecule has 0 aliphatic carbocycles. The van der Waals surface area contributed by atoms with Gasteiger partial charge in [-0.3, -0.25) is 0 Å². The molecular weight excluding hydrogens is 468 g/mol. The summed E-state index contributed by atoms with van der Waals surface area (Å²) in [7, 11) is 1.46. The molecule has 2 N–H and O–H groups in total. The fourth-order valence-electron chi connectivity index (χ4n) is 2.82. The third-order valence-corrected chi connectivity index (χ3v) is 5.37. The first-order valence-corrected chi connectivity index (χ1v) is 10.1. The van der Waals surface area contributed by atoms with Crippen LogP contribution in [0, 0.1) is 5.82 Å². The number of nitrogens with one attached hydrogen (secondary N) is 1. The van der Waals surface area contributed by atoms with Crippen LogP contribution in [0.5, 0.6) is 11.5 Å². The predicted molar refractivity (Wildman–Crippen MR) is 119 cm³/mol. The summed E-state index contributed by atoms with van der Waals surface area (Å²) in [6.45, 7) is 0.162. The maximum absolute atomic E-state index is 14.0. The van der Waals surface area contributed by atoms with Crippen molar-refractivity contribution in [1.82, 2.24) is 0 Å². The summed E-state index contributed by atoms with van der Waals surface area (Å²) in [4.78, 5) is 11.2. The van der Waals surface area contributed by atoms with Crippen molar-refractivity contribution in [2.24, 2.45) is 0 Å². The zero-order chi connectivity index (χ0) is 22.5. The minimum Gasteiger partial charge on any atom is -0.493 e. The monoisotopic (exact) mass is 483 g/mol. The molecule has 0 atom stereocenters. The van der Waals surface area contributed by atoms with E-state index < -0.39 is 11.8 Å². The number of hydrogen-bond donors (Lipinski definition) is 2. The summed E-state index contributed by atoms with van der Waals surface area (Å²) in [5.41, 5.74) is 1.51. The first-order valence-electron chi connectivity index (χ1n) is 8.99. The number of halogens is 4. The van der Waals surface area contributed by atoms with E-state index >= 15 is 0 Å². The molecule has 31 heavy (non-hydrogen) atoms. The fourth-order valence-corrected chi connectivity index (χ4v) is 3.51. The van der Waals surface area contributed by atoms with Gasteiger partial charge in [-0.2, -0.15) is 0 Å². The quantitative estimate of drug-likeness (QED) is 0.373. The van der Waals surface area contributed by atoms with Gasteiger partial charge in [0, 0.05) is 12.1 Å². The van der Waals surface area contributed by atoms with E-state index in [9.17, 15) is 9.18 Å². The molecule has 0 aromatic heterocycles. The number of carbonyl (C=O) groups is 1. The molecule has 0 amide bonds. The van der Waals surface area contributed by atoms with Crippen molar-refractivity contribution in [3.8, 4) is 11.5 Å². The lowest BCUT2D eigenvalue weighted by atomic mass is 10.1. The molecule has 0 radical (unpaired) electrons. The Morgan fingerprint density at radius 3 is 2.52 bits per heavy atom. The molecule has 0 aliphatic rings. The Morgan fingerprint density at radius 2 is 1.84 bits per heavy atom. The highest BCUT2D eigenvalue weighted by atomic mass is 35.5. The molecule has 0 aliphatic heterocycles. The Balaban J connectivity index is 1.78. The Kier molecular flexibility index (Phi) is 7.49. The van der Waals surface area contributed by atoms with E-state index in [4.69, 9.17) is 49.4 Å². The number of anilines is 1. The lowest BCUT2D eigenvalue weighted by Crippen LogP contribution is -2.05. The van der Waals surface area contributed by atoms with Crippen molar-refractivity contribution in [2.45, 2.75) is 13.2 Å². The van der Waals surface area contributed by atoms with Crippen LogP contribution in [-0.2, 0) is 13.2 Å². The average molecular weight is 485 g/mol. The van der Waals surface area contributed by atoms with E-state index in [1.54, 1.807) is 18.2 Å². The van der Waals surface area contributed by atoms with Crippen LogP contribution in [0.2, 0.25) is 15.1 Å². The van der Waals surface area contributed by atoms with Gasteiger partial charge in [0.2, 0.25) is 0 Å². The number of carboxylic acids is 1. The molecule has 0 bridgehead atoms. The number of carboxylic acid groups (broad SMARTS) is 1. The molecule has 3 aromatic rings. The molecule has 0 saturated carbocycles. The molecule has 5 nitrogen and oxygen atoms in total. The van der Waals surface area contributed by atoms with Gasteiger partial charge in [0.1, 0.15) is 12.4 Å². The third-order valence-electron chi connectivity index (χ3n) is 4.41.